The third-order valence-corrected chi connectivity index (χ3v) is 1.54. The van der Waals surface area contributed by atoms with Crippen LogP contribution in [0.4, 0.5) is 0 Å². The van der Waals surface area contributed by atoms with Crippen LogP contribution in [0.1, 0.15) is 12.8 Å². The molecule has 1 saturated heterocycles. The average molecular weight is 129 g/mol. The molecule has 1 aliphatic rings. The summed E-state index contributed by atoms with van der Waals surface area (Å²) in [4.78, 5) is 10.3. The summed E-state index contributed by atoms with van der Waals surface area (Å²) in [6.07, 6.45) is 1.46. The molecule has 9 heavy (non-hydrogen) atoms. The lowest BCUT2D eigenvalue weighted by Gasteiger charge is -1.93. The van der Waals surface area contributed by atoms with E-state index in [1.807, 2.05) is 0 Å². The van der Waals surface area contributed by atoms with Crippen LogP contribution >= 0.6 is 0 Å². The SMILES string of the molecule is N=[N+]1CCCC1C(=O)O. The molecular formula is C5H9N2O2+. The first-order valence-corrected chi connectivity index (χ1v) is 2.92. The first-order valence-electron chi connectivity index (χ1n) is 2.92. The summed E-state index contributed by atoms with van der Waals surface area (Å²) in [5, 5.41) is 8.42. The minimum absolute atomic E-state index is 0.551. The van der Waals surface area contributed by atoms with Gasteiger partial charge in [0, 0.05) is 12.8 Å². The van der Waals surface area contributed by atoms with Gasteiger partial charge < -0.3 is 5.11 Å². The summed E-state index contributed by atoms with van der Waals surface area (Å²) in [7, 11) is 0. The molecule has 1 heterocycles. The van der Waals surface area contributed by atoms with Gasteiger partial charge in [-0.05, 0) is 0 Å². The highest BCUT2D eigenvalue weighted by Gasteiger charge is 2.34. The monoisotopic (exact) mass is 129 g/mol. The fourth-order valence-corrected chi connectivity index (χ4v) is 1.02. The fourth-order valence-electron chi connectivity index (χ4n) is 1.02. The number of hydrogen-bond acceptors (Lipinski definition) is 2. The zero-order chi connectivity index (χ0) is 6.85. The van der Waals surface area contributed by atoms with Gasteiger partial charge in [-0.15, -0.1) is 4.70 Å². The molecular weight excluding hydrogens is 120 g/mol. The summed E-state index contributed by atoms with van der Waals surface area (Å²) < 4.78 is 1.13. The fraction of sp³-hybridized carbons (Fsp3) is 0.800. The molecule has 1 atom stereocenters. The molecule has 0 saturated carbocycles. The highest BCUT2D eigenvalue weighted by molar-refractivity contribution is 5.71. The van der Waals surface area contributed by atoms with Crippen LogP contribution in [0.5, 0.6) is 0 Å². The second kappa shape index (κ2) is 2.13. The molecule has 0 radical (unpaired) electrons. The van der Waals surface area contributed by atoms with Crippen molar-refractivity contribution in [2.45, 2.75) is 18.9 Å². The third kappa shape index (κ3) is 1.06. The molecule has 0 aromatic rings. The lowest BCUT2D eigenvalue weighted by molar-refractivity contribution is -0.618. The molecule has 2 N–H and O–H groups in total. The molecule has 4 heteroatoms. The van der Waals surface area contributed by atoms with Crippen molar-refractivity contribution < 1.29 is 14.6 Å². The quantitative estimate of drug-likeness (QED) is 0.499. The molecule has 0 spiro atoms. The van der Waals surface area contributed by atoms with Gasteiger partial charge in [0.1, 0.15) is 0 Å². The Labute approximate surface area is 52.6 Å². The molecule has 0 amide bonds. The average Bonchev–Trinajstić information content (AvgIpc) is 2.13. The van der Waals surface area contributed by atoms with Crippen molar-refractivity contribution in [2.75, 3.05) is 6.54 Å². The topological polar surface area (TPSA) is 64.2 Å². The number of hydrogen-bond donors (Lipinski definition) is 2. The maximum atomic E-state index is 10.3. The van der Waals surface area contributed by atoms with Gasteiger partial charge in [-0.3, -0.25) is 0 Å². The number of rotatable bonds is 1. The Bertz CT molecular complexity index is 155. The Morgan fingerprint density at radius 2 is 2.44 bits per heavy atom. The van der Waals surface area contributed by atoms with Crippen LogP contribution in [0.25, 0.3) is 0 Å². The standard InChI is InChI=1S/C5H8N2O2/c6-7-3-1-2-4(7)5(8)9/h4,6H,1-3H2/p+1. The second-order valence-corrected chi connectivity index (χ2v) is 2.19. The Kier molecular flexibility index (Phi) is 1.46. The van der Waals surface area contributed by atoms with Crippen LogP contribution in [-0.4, -0.2) is 28.4 Å². The maximum absolute atomic E-state index is 10.3. The predicted octanol–water partition coefficient (Wildman–Crippen LogP) is 0.277. The van der Waals surface area contributed by atoms with Crippen LogP contribution in [0.2, 0.25) is 0 Å². The number of carboxylic acid groups (broad SMARTS) is 1. The highest BCUT2D eigenvalue weighted by Crippen LogP contribution is 2.10. The molecule has 1 fully saturated rings. The van der Waals surface area contributed by atoms with Gasteiger partial charge in [-0.25, -0.2) is 4.79 Å². The van der Waals surface area contributed by atoms with E-state index in [4.69, 9.17) is 10.6 Å². The van der Waals surface area contributed by atoms with E-state index in [1.165, 1.54) is 0 Å². The molecule has 50 valence electrons. The van der Waals surface area contributed by atoms with Crippen LogP contribution in [0.3, 0.4) is 0 Å². The van der Waals surface area contributed by atoms with E-state index in [1.54, 1.807) is 0 Å². The van der Waals surface area contributed by atoms with Crippen LogP contribution in [0.15, 0.2) is 0 Å². The normalized spacial score (nSPS) is 26.7. The largest absolute Gasteiger partial charge is 0.476 e. The van der Waals surface area contributed by atoms with E-state index in [0.717, 1.165) is 11.1 Å². The molecule has 0 aromatic carbocycles. The Morgan fingerprint density at radius 1 is 1.78 bits per heavy atom. The number of nitrogens with zero attached hydrogens (tertiary/aromatic N) is 1. The summed E-state index contributed by atoms with van der Waals surface area (Å²) in [5.74, 6) is -0.873. The molecule has 1 aliphatic heterocycles. The first-order chi connectivity index (χ1) is 4.22. The second-order valence-electron chi connectivity index (χ2n) is 2.19. The number of carbonyl (C=O) groups is 1. The zero-order valence-electron chi connectivity index (χ0n) is 5.00. The summed E-state index contributed by atoms with van der Waals surface area (Å²) in [6.45, 7) is 0.594. The maximum Gasteiger partial charge on any atom is 0.375 e. The summed E-state index contributed by atoms with van der Waals surface area (Å²) in [6, 6.07) is -0.551. The van der Waals surface area contributed by atoms with Gasteiger partial charge in [-0.1, -0.05) is 5.53 Å². The lowest BCUT2D eigenvalue weighted by Crippen LogP contribution is -2.26. The van der Waals surface area contributed by atoms with Crippen molar-refractivity contribution in [3.05, 3.63) is 0 Å². The highest BCUT2D eigenvalue weighted by atomic mass is 16.4. The zero-order valence-corrected chi connectivity index (χ0v) is 5.00. The van der Waals surface area contributed by atoms with Gasteiger partial charge in [0.2, 0.25) is 0 Å². The first kappa shape index (κ1) is 6.19. The van der Waals surface area contributed by atoms with Crippen molar-refractivity contribution in [2.24, 2.45) is 0 Å². The number of nitrogens with one attached hydrogen (secondary N) is 1. The Hall–Kier alpha value is -0.930. The molecule has 1 rings (SSSR count). The van der Waals surface area contributed by atoms with Crippen molar-refractivity contribution in [1.82, 2.24) is 0 Å². The molecule has 4 nitrogen and oxygen atoms in total. The smallest absolute Gasteiger partial charge is 0.375 e. The summed E-state index contributed by atoms with van der Waals surface area (Å²) in [5.41, 5.74) is 7.07. The Morgan fingerprint density at radius 3 is 2.67 bits per heavy atom. The summed E-state index contributed by atoms with van der Waals surface area (Å²) >= 11 is 0. The van der Waals surface area contributed by atoms with Gasteiger partial charge >= 0.3 is 5.97 Å². The molecule has 0 aliphatic carbocycles. The molecule has 1 unspecified atom stereocenters. The number of aliphatic carboxylic acids is 1. The van der Waals surface area contributed by atoms with Gasteiger partial charge in [-0.2, -0.15) is 0 Å². The van der Waals surface area contributed by atoms with Crippen molar-refractivity contribution in [3.63, 3.8) is 0 Å². The van der Waals surface area contributed by atoms with E-state index in [9.17, 15) is 4.79 Å². The van der Waals surface area contributed by atoms with Crippen LogP contribution < -0.4 is 0 Å². The molecule has 0 bridgehead atoms. The van der Waals surface area contributed by atoms with Crippen LogP contribution in [-0.2, 0) is 4.79 Å². The van der Waals surface area contributed by atoms with E-state index < -0.39 is 12.0 Å². The van der Waals surface area contributed by atoms with Gasteiger partial charge in [0.15, 0.2) is 6.54 Å². The minimum Gasteiger partial charge on any atom is -0.476 e. The van der Waals surface area contributed by atoms with E-state index in [-0.39, 0.29) is 0 Å². The van der Waals surface area contributed by atoms with Crippen molar-refractivity contribution >= 4 is 5.97 Å². The lowest BCUT2D eigenvalue weighted by atomic mass is 10.2. The minimum atomic E-state index is -0.873. The van der Waals surface area contributed by atoms with Crippen molar-refractivity contribution in [1.29, 1.82) is 5.53 Å². The number of carboxylic acids is 1. The van der Waals surface area contributed by atoms with E-state index in [2.05, 4.69) is 0 Å². The van der Waals surface area contributed by atoms with Gasteiger partial charge in [0.25, 0.3) is 6.04 Å². The third-order valence-electron chi connectivity index (χ3n) is 1.54. The Balaban J connectivity index is 2.60. The predicted molar refractivity (Wildman–Crippen MR) is 28.5 cm³/mol. The van der Waals surface area contributed by atoms with E-state index in [0.29, 0.717) is 13.0 Å². The van der Waals surface area contributed by atoms with Crippen LogP contribution in [0, 0.1) is 5.53 Å². The molecule has 0 aromatic heterocycles. The van der Waals surface area contributed by atoms with Crippen molar-refractivity contribution in [3.8, 4) is 0 Å². The van der Waals surface area contributed by atoms with Gasteiger partial charge in [0.05, 0.1) is 0 Å². The van der Waals surface area contributed by atoms with E-state index >= 15 is 0 Å².